The molecule has 0 bridgehead atoms. The summed E-state index contributed by atoms with van der Waals surface area (Å²) in [5.74, 6) is -0.370. The van der Waals surface area contributed by atoms with Crippen molar-refractivity contribution >= 4 is 23.3 Å². The summed E-state index contributed by atoms with van der Waals surface area (Å²) in [6.45, 7) is 2.08. The number of amides is 1. The van der Waals surface area contributed by atoms with E-state index in [1.165, 1.54) is 25.4 Å². The molecule has 8 nitrogen and oxygen atoms in total. The van der Waals surface area contributed by atoms with Crippen molar-refractivity contribution in [2.24, 2.45) is 0 Å². The highest BCUT2D eigenvalue weighted by Gasteiger charge is 2.38. The van der Waals surface area contributed by atoms with Crippen LogP contribution in [0.5, 0.6) is 5.88 Å². The van der Waals surface area contributed by atoms with Crippen molar-refractivity contribution < 1.29 is 13.9 Å². The minimum Gasteiger partial charge on any atom is -0.478 e. The molecule has 5 rings (SSSR count). The Labute approximate surface area is 205 Å². The molecule has 35 heavy (non-hydrogen) atoms. The second-order valence-electron chi connectivity index (χ2n) is 8.30. The number of aromatic nitrogens is 4. The summed E-state index contributed by atoms with van der Waals surface area (Å²) in [7, 11) is 1.43. The number of nitrogens with two attached hydrogens (primary N) is 1. The number of hydrogen-bond acceptors (Lipinski definition) is 6. The number of aryl methyl sites for hydroxylation is 1. The maximum absolute atomic E-state index is 14.5. The Bertz CT molecular complexity index is 1440. The number of hydrogen-bond donors (Lipinski definition) is 2. The molecular weight excluding hydrogens is 471 g/mol. The Morgan fingerprint density at radius 2 is 2.09 bits per heavy atom. The molecule has 1 aliphatic heterocycles. The van der Waals surface area contributed by atoms with Crippen LogP contribution < -0.4 is 10.5 Å². The Kier molecular flexibility index (Phi) is 5.86. The highest BCUT2D eigenvalue weighted by Crippen LogP contribution is 2.40. The number of fused-ring (bicyclic) bond motifs is 1. The van der Waals surface area contributed by atoms with Gasteiger partial charge < -0.3 is 15.4 Å². The molecular formula is C25H22ClFN6O2. The van der Waals surface area contributed by atoms with Crippen LogP contribution in [0.4, 0.5) is 10.2 Å². The van der Waals surface area contributed by atoms with Gasteiger partial charge in [-0.1, -0.05) is 35.9 Å². The van der Waals surface area contributed by atoms with E-state index in [0.717, 1.165) is 5.56 Å². The summed E-state index contributed by atoms with van der Waals surface area (Å²) in [6, 6.07) is 11.3. The normalized spacial score (nSPS) is 15.3. The highest BCUT2D eigenvalue weighted by atomic mass is 35.5. The van der Waals surface area contributed by atoms with Gasteiger partial charge in [0.1, 0.15) is 5.82 Å². The van der Waals surface area contributed by atoms with Crippen molar-refractivity contribution in [2.75, 3.05) is 12.8 Å². The van der Waals surface area contributed by atoms with E-state index in [1.807, 2.05) is 25.1 Å². The number of nitrogen functional groups attached to an aromatic ring is 1. The number of aromatic amines is 1. The fourth-order valence-electron chi connectivity index (χ4n) is 4.46. The maximum Gasteiger partial charge on any atom is 0.258 e. The third kappa shape index (κ3) is 4.08. The van der Waals surface area contributed by atoms with E-state index in [4.69, 9.17) is 22.1 Å². The third-order valence-corrected chi connectivity index (χ3v) is 6.54. The first kappa shape index (κ1) is 22.8. The minimum absolute atomic E-state index is 0.124. The van der Waals surface area contributed by atoms with Gasteiger partial charge in [0.25, 0.3) is 11.8 Å². The van der Waals surface area contributed by atoms with Crippen molar-refractivity contribution in [2.45, 2.75) is 25.9 Å². The van der Waals surface area contributed by atoms with Crippen LogP contribution >= 0.6 is 11.6 Å². The first-order valence-corrected chi connectivity index (χ1v) is 11.3. The van der Waals surface area contributed by atoms with Crippen LogP contribution in [0, 0.1) is 12.7 Å². The van der Waals surface area contributed by atoms with Crippen LogP contribution in [0.3, 0.4) is 0 Å². The Balaban J connectivity index is 1.67. The molecule has 3 N–H and O–H groups in total. The predicted octanol–water partition coefficient (Wildman–Crippen LogP) is 4.50. The average molecular weight is 493 g/mol. The molecule has 10 heteroatoms. The zero-order valence-corrected chi connectivity index (χ0v) is 19.8. The fourth-order valence-corrected chi connectivity index (χ4v) is 4.66. The zero-order valence-electron chi connectivity index (χ0n) is 19.0. The van der Waals surface area contributed by atoms with Gasteiger partial charge in [-0.2, -0.15) is 5.10 Å². The SMILES string of the molecule is COc1nc(-c2cc(F)ccc2[C@H]2Cc3n[nH]c(C)c3C(=O)N2Cc2ccccc2Cl)cnc1N. The number of halogens is 2. The first-order chi connectivity index (χ1) is 16.9. The lowest BCUT2D eigenvalue weighted by Gasteiger charge is -2.36. The number of H-pyrrole nitrogens is 1. The van der Waals surface area contributed by atoms with Gasteiger partial charge in [0, 0.05) is 29.2 Å². The number of rotatable bonds is 5. The van der Waals surface area contributed by atoms with Gasteiger partial charge in [0.2, 0.25) is 0 Å². The monoisotopic (exact) mass is 492 g/mol. The molecule has 0 aliphatic carbocycles. The van der Waals surface area contributed by atoms with Crippen molar-refractivity contribution in [3.63, 3.8) is 0 Å². The van der Waals surface area contributed by atoms with E-state index >= 15 is 0 Å². The van der Waals surface area contributed by atoms with E-state index in [-0.39, 0.29) is 24.1 Å². The lowest BCUT2D eigenvalue weighted by atomic mass is 9.88. The van der Waals surface area contributed by atoms with E-state index in [9.17, 15) is 9.18 Å². The number of benzene rings is 2. The van der Waals surface area contributed by atoms with E-state index in [2.05, 4.69) is 20.2 Å². The number of methoxy groups -OCH3 is 1. The minimum atomic E-state index is -0.463. The summed E-state index contributed by atoms with van der Waals surface area (Å²) in [5.41, 5.74) is 10.1. The molecule has 1 amide bonds. The fraction of sp³-hybridized carbons (Fsp3) is 0.200. The molecule has 1 aliphatic rings. The Morgan fingerprint density at radius 3 is 2.86 bits per heavy atom. The highest BCUT2D eigenvalue weighted by molar-refractivity contribution is 6.31. The van der Waals surface area contributed by atoms with Crippen LogP contribution in [0.1, 0.15) is 38.9 Å². The van der Waals surface area contributed by atoms with Crippen molar-refractivity contribution in [3.05, 3.63) is 87.6 Å². The molecule has 3 heterocycles. The molecule has 0 radical (unpaired) electrons. The van der Waals surface area contributed by atoms with Crippen LogP contribution in [-0.2, 0) is 13.0 Å². The zero-order chi connectivity index (χ0) is 24.7. The molecule has 2 aromatic carbocycles. The number of nitrogens with one attached hydrogen (secondary N) is 1. The maximum atomic E-state index is 14.5. The molecule has 0 fully saturated rings. The van der Waals surface area contributed by atoms with Gasteiger partial charge in [-0.25, -0.2) is 14.4 Å². The molecule has 178 valence electrons. The lowest BCUT2D eigenvalue weighted by molar-refractivity contribution is 0.0628. The van der Waals surface area contributed by atoms with Crippen LogP contribution in [0.15, 0.2) is 48.7 Å². The average Bonchev–Trinajstić information content (AvgIpc) is 3.23. The van der Waals surface area contributed by atoms with E-state index < -0.39 is 11.9 Å². The number of carbonyl (C=O) groups is 1. The molecule has 0 saturated heterocycles. The second-order valence-corrected chi connectivity index (χ2v) is 8.70. The molecule has 0 spiro atoms. The summed E-state index contributed by atoms with van der Waals surface area (Å²) < 4.78 is 19.7. The molecule has 0 unspecified atom stereocenters. The number of ether oxygens (including phenoxy) is 1. The summed E-state index contributed by atoms with van der Waals surface area (Å²) in [6.07, 6.45) is 1.89. The molecule has 2 aromatic heterocycles. The number of carbonyl (C=O) groups excluding carboxylic acids is 1. The lowest BCUT2D eigenvalue weighted by Crippen LogP contribution is -2.40. The second kappa shape index (κ2) is 8.99. The summed E-state index contributed by atoms with van der Waals surface area (Å²) >= 11 is 6.44. The van der Waals surface area contributed by atoms with Crippen molar-refractivity contribution in [1.29, 1.82) is 0 Å². The Hall–Kier alpha value is -3.98. The molecule has 0 saturated carbocycles. The first-order valence-electron chi connectivity index (χ1n) is 10.9. The van der Waals surface area contributed by atoms with Crippen molar-refractivity contribution in [3.8, 4) is 17.1 Å². The summed E-state index contributed by atoms with van der Waals surface area (Å²) in [5, 5.41) is 7.84. The molecule has 4 aromatic rings. The van der Waals surface area contributed by atoms with Crippen LogP contribution in [0.25, 0.3) is 11.3 Å². The smallest absolute Gasteiger partial charge is 0.258 e. The Morgan fingerprint density at radius 1 is 1.29 bits per heavy atom. The van der Waals surface area contributed by atoms with Crippen LogP contribution in [-0.4, -0.2) is 38.1 Å². The van der Waals surface area contributed by atoms with Gasteiger partial charge in [-0.05, 0) is 36.2 Å². The predicted molar refractivity (Wildman–Crippen MR) is 129 cm³/mol. The van der Waals surface area contributed by atoms with E-state index in [0.29, 0.717) is 45.2 Å². The molecule has 1 atom stereocenters. The van der Waals surface area contributed by atoms with Gasteiger partial charge in [-0.15, -0.1) is 0 Å². The number of anilines is 1. The third-order valence-electron chi connectivity index (χ3n) is 6.17. The summed E-state index contributed by atoms with van der Waals surface area (Å²) in [4.78, 5) is 24.1. The van der Waals surface area contributed by atoms with Crippen molar-refractivity contribution in [1.82, 2.24) is 25.1 Å². The largest absolute Gasteiger partial charge is 0.478 e. The van der Waals surface area contributed by atoms with Gasteiger partial charge in [0.05, 0.1) is 36.3 Å². The topological polar surface area (TPSA) is 110 Å². The van der Waals surface area contributed by atoms with E-state index in [1.54, 1.807) is 17.0 Å². The van der Waals surface area contributed by atoms with Gasteiger partial charge >= 0.3 is 0 Å². The van der Waals surface area contributed by atoms with Gasteiger partial charge in [0.15, 0.2) is 5.82 Å². The number of nitrogens with zero attached hydrogens (tertiary/aromatic N) is 4. The van der Waals surface area contributed by atoms with Gasteiger partial charge in [-0.3, -0.25) is 9.89 Å². The standard InChI is InChI=1S/C25H22ClFN6O2/c1-13-22-19(32-31-13)10-21(33(25(22)34)12-14-5-3-4-6-18(14)26)16-8-7-15(27)9-17(16)20-11-29-23(28)24(30-20)35-2/h3-9,11,21H,10,12H2,1-2H3,(H2,28,29)(H,31,32)/t21-/m1/s1. The van der Waals surface area contributed by atoms with Crippen LogP contribution in [0.2, 0.25) is 5.02 Å². The quantitative estimate of drug-likeness (QED) is 0.424.